The molecule has 4 heteroatoms. The molecule has 4 nitrogen and oxygen atoms in total. The van der Waals surface area contributed by atoms with E-state index in [1.165, 1.54) is 39.9 Å². The number of carbonyl (C=O) groups is 2. The Morgan fingerprint density at radius 2 is 1.56 bits per heavy atom. The minimum absolute atomic E-state index is 0.123. The first-order chi connectivity index (χ1) is 8.65. The molecule has 18 heavy (non-hydrogen) atoms. The Labute approximate surface area is 110 Å². The zero-order chi connectivity index (χ0) is 13.8. The summed E-state index contributed by atoms with van der Waals surface area (Å²) in [7, 11) is 2.69. The molecule has 0 aromatic rings. The van der Waals surface area contributed by atoms with Gasteiger partial charge in [-0.1, -0.05) is 45.4 Å². The molecule has 0 aromatic heterocycles. The van der Waals surface area contributed by atoms with Gasteiger partial charge in [0.05, 0.1) is 26.6 Å². The number of hydrogen-bond acceptors (Lipinski definition) is 4. The Morgan fingerprint density at radius 1 is 0.944 bits per heavy atom. The van der Waals surface area contributed by atoms with Crippen molar-refractivity contribution in [3.8, 4) is 0 Å². The predicted molar refractivity (Wildman–Crippen MR) is 70.1 cm³/mol. The minimum atomic E-state index is -0.353. The molecule has 106 valence electrons. The smallest absolute Gasteiger partial charge is 0.309 e. The molecule has 0 aliphatic rings. The number of ether oxygens (including phenoxy) is 2. The molecule has 0 radical (unpaired) electrons. The Hall–Kier alpha value is -1.06. The van der Waals surface area contributed by atoms with Crippen molar-refractivity contribution in [2.45, 2.75) is 58.3 Å². The van der Waals surface area contributed by atoms with E-state index in [2.05, 4.69) is 11.7 Å². The third kappa shape index (κ3) is 8.09. The van der Waals surface area contributed by atoms with Gasteiger partial charge in [-0.15, -0.1) is 0 Å². The van der Waals surface area contributed by atoms with Gasteiger partial charge in [-0.05, 0) is 6.42 Å². The average molecular weight is 258 g/mol. The van der Waals surface area contributed by atoms with Gasteiger partial charge in [-0.25, -0.2) is 0 Å². The number of rotatable bonds is 10. The van der Waals surface area contributed by atoms with Gasteiger partial charge in [-0.3, -0.25) is 9.59 Å². The summed E-state index contributed by atoms with van der Waals surface area (Å²) in [6, 6.07) is 0. The lowest BCUT2D eigenvalue weighted by Gasteiger charge is -2.13. The van der Waals surface area contributed by atoms with Gasteiger partial charge in [0.1, 0.15) is 0 Å². The molecular formula is C14H26O4. The summed E-state index contributed by atoms with van der Waals surface area (Å²) >= 11 is 0. The van der Waals surface area contributed by atoms with Crippen LogP contribution < -0.4 is 0 Å². The summed E-state index contributed by atoms with van der Waals surface area (Å²) in [5, 5.41) is 0. The molecule has 0 aliphatic heterocycles. The van der Waals surface area contributed by atoms with Gasteiger partial charge >= 0.3 is 11.9 Å². The molecule has 0 rings (SSSR count). The highest BCUT2D eigenvalue weighted by atomic mass is 16.5. The van der Waals surface area contributed by atoms with E-state index in [4.69, 9.17) is 4.74 Å². The van der Waals surface area contributed by atoms with E-state index in [-0.39, 0.29) is 24.3 Å². The van der Waals surface area contributed by atoms with Crippen LogP contribution >= 0.6 is 0 Å². The van der Waals surface area contributed by atoms with Gasteiger partial charge in [0.2, 0.25) is 0 Å². The van der Waals surface area contributed by atoms with Crippen LogP contribution in [0.25, 0.3) is 0 Å². The van der Waals surface area contributed by atoms with Crippen molar-refractivity contribution in [2.75, 3.05) is 14.2 Å². The van der Waals surface area contributed by atoms with Crippen LogP contribution in [0.3, 0.4) is 0 Å². The van der Waals surface area contributed by atoms with Crippen molar-refractivity contribution in [2.24, 2.45) is 5.92 Å². The van der Waals surface area contributed by atoms with Crippen molar-refractivity contribution in [1.82, 2.24) is 0 Å². The fourth-order valence-corrected chi connectivity index (χ4v) is 1.93. The summed E-state index contributed by atoms with van der Waals surface area (Å²) in [6.07, 6.45) is 7.83. The van der Waals surface area contributed by atoms with E-state index in [9.17, 15) is 9.59 Å². The number of carbonyl (C=O) groups excluding carboxylic acids is 2. The second-order valence-electron chi connectivity index (χ2n) is 4.56. The first-order valence-electron chi connectivity index (χ1n) is 6.80. The highest BCUT2D eigenvalue weighted by Crippen LogP contribution is 2.17. The van der Waals surface area contributed by atoms with E-state index in [1.807, 2.05) is 0 Å². The predicted octanol–water partition coefficient (Wildman–Crippen LogP) is 3.09. The zero-order valence-electron chi connectivity index (χ0n) is 11.9. The largest absolute Gasteiger partial charge is 0.469 e. The lowest BCUT2D eigenvalue weighted by atomic mass is 9.97. The second-order valence-corrected chi connectivity index (χ2v) is 4.56. The summed E-state index contributed by atoms with van der Waals surface area (Å²) in [5.74, 6) is -1.01. The molecule has 0 amide bonds. The Morgan fingerprint density at radius 3 is 2.11 bits per heavy atom. The molecule has 1 unspecified atom stereocenters. The maximum atomic E-state index is 11.5. The summed E-state index contributed by atoms with van der Waals surface area (Å²) in [4.78, 5) is 22.7. The molecule has 0 heterocycles. The molecule has 0 aliphatic carbocycles. The molecule has 1 atom stereocenters. The maximum Gasteiger partial charge on any atom is 0.309 e. The van der Waals surface area contributed by atoms with E-state index >= 15 is 0 Å². The van der Waals surface area contributed by atoms with Gasteiger partial charge in [0, 0.05) is 0 Å². The fourth-order valence-electron chi connectivity index (χ4n) is 1.93. The summed E-state index contributed by atoms with van der Waals surface area (Å²) in [5.41, 5.74) is 0. The van der Waals surface area contributed by atoms with Crippen molar-refractivity contribution < 1.29 is 19.1 Å². The van der Waals surface area contributed by atoms with E-state index in [0.717, 1.165) is 12.8 Å². The maximum absolute atomic E-state index is 11.5. The van der Waals surface area contributed by atoms with Crippen molar-refractivity contribution >= 4 is 11.9 Å². The summed E-state index contributed by atoms with van der Waals surface area (Å²) in [6.45, 7) is 2.18. The molecule has 0 saturated carbocycles. The first-order valence-corrected chi connectivity index (χ1v) is 6.80. The van der Waals surface area contributed by atoms with Crippen LogP contribution in [-0.2, 0) is 19.1 Å². The van der Waals surface area contributed by atoms with Gasteiger partial charge in [0.15, 0.2) is 0 Å². The third-order valence-electron chi connectivity index (χ3n) is 3.08. The zero-order valence-corrected chi connectivity index (χ0v) is 11.9. The number of unbranched alkanes of at least 4 members (excludes halogenated alkanes) is 5. The lowest BCUT2D eigenvalue weighted by molar-refractivity contribution is -0.152. The van der Waals surface area contributed by atoms with Crippen LogP contribution in [0.15, 0.2) is 0 Å². The van der Waals surface area contributed by atoms with E-state index in [0.29, 0.717) is 6.42 Å². The summed E-state index contributed by atoms with van der Waals surface area (Å²) < 4.78 is 9.29. The molecule has 0 fully saturated rings. The fraction of sp³-hybridized carbons (Fsp3) is 0.857. The van der Waals surface area contributed by atoms with Gasteiger partial charge in [-0.2, -0.15) is 0 Å². The third-order valence-corrected chi connectivity index (χ3v) is 3.08. The van der Waals surface area contributed by atoms with Crippen LogP contribution in [0.4, 0.5) is 0 Å². The Kier molecular flexibility index (Phi) is 10.4. The number of esters is 2. The number of methoxy groups -OCH3 is 2. The van der Waals surface area contributed by atoms with Crippen molar-refractivity contribution in [3.63, 3.8) is 0 Å². The van der Waals surface area contributed by atoms with Crippen LogP contribution in [0.5, 0.6) is 0 Å². The topological polar surface area (TPSA) is 52.6 Å². The SMILES string of the molecule is CCCCCCCCC(CC(=O)OC)C(=O)OC. The minimum Gasteiger partial charge on any atom is -0.469 e. The Balaban J connectivity index is 3.87. The molecule has 0 aromatic carbocycles. The lowest BCUT2D eigenvalue weighted by Crippen LogP contribution is -2.20. The van der Waals surface area contributed by atoms with Gasteiger partial charge in [0.25, 0.3) is 0 Å². The average Bonchev–Trinajstić information content (AvgIpc) is 2.40. The molecule has 0 spiro atoms. The van der Waals surface area contributed by atoms with E-state index in [1.54, 1.807) is 0 Å². The van der Waals surface area contributed by atoms with Crippen LogP contribution in [0.1, 0.15) is 58.3 Å². The molecule has 0 N–H and O–H groups in total. The van der Waals surface area contributed by atoms with Crippen molar-refractivity contribution in [1.29, 1.82) is 0 Å². The first kappa shape index (κ1) is 16.9. The number of hydrogen-bond donors (Lipinski definition) is 0. The highest BCUT2D eigenvalue weighted by Gasteiger charge is 2.22. The monoisotopic (exact) mass is 258 g/mol. The normalized spacial score (nSPS) is 11.9. The van der Waals surface area contributed by atoms with Crippen LogP contribution in [0, 0.1) is 5.92 Å². The van der Waals surface area contributed by atoms with Crippen LogP contribution in [-0.4, -0.2) is 26.2 Å². The molecule has 0 saturated heterocycles. The second kappa shape index (κ2) is 11.1. The quantitative estimate of drug-likeness (QED) is 0.446. The molecular weight excluding hydrogens is 232 g/mol. The standard InChI is InChI=1S/C14H26O4/c1-4-5-6-7-8-9-10-12(14(16)18-3)11-13(15)17-2/h12H,4-11H2,1-3H3. The van der Waals surface area contributed by atoms with Crippen molar-refractivity contribution in [3.05, 3.63) is 0 Å². The molecule has 0 bridgehead atoms. The van der Waals surface area contributed by atoms with Crippen LogP contribution in [0.2, 0.25) is 0 Å². The van der Waals surface area contributed by atoms with Gasteiger partial charge < -0.3 is 9.47 Å². The van der Waals surface area contributed by atoms with E-state index < -0.39 is 0 Å². The Bertz CT molecular complexity index is 238. The highest BCUT2D eigenvalue weighted by molar-refractivity contribution is 5.79.